The van der Waals surface area contributed by atoms with Crippen molar-refractivity contribution in [1.29, 1.82) is 0 Å². The Kier molecular flexibility index (Phi) is 2.02. The Hall–Kier alpha value is -1.04. The highest BCUT2D eigenvalue weighted by molar-refractivity contribution is 7.89. The lowest BCUT2D eigenvalue weighted by atomic mass is 10.2. The molecule has 14 heavy (non-hydrogen) atoms. The molecule has 1 heterocycles. The summed E-state index contributed by atoms with van der Waals surface area (Å²) in [4.78, 5) is 2.88. The van der Waals surface area contributed by atoms with Crippen LogP contribution in [0.1, 0.15) is 0 Å². The molecule has 0 atom stereocenters. The van der Waals surface area contributed by atoms with Crippen molar-refractivity contribution in [3.05, 3.63) is 29.4 Å². The standard InChI is InChI=1S/C8H7ClN2O2S/c9-5-1-2-6-7(3-5)11-4-8(6)14(10,12)13/h1-4,11H,(H2,10,12,13). The molecule has 2 rings (SSSR count). The molecule has 0 amide bonds. The van der Waals surface area contributed by atoms with Crippen LogP contribution in [0.3, 0.4) is 0 Å². The van der Waals surface area contributed by atoms with Crippen LogP contribution in [0.25, 0.3) is 10.9 Å². The summed E-state index contributed by atoms with van der Waals surface area (Å²) in [6, 6.07) is 4.88. The van der Waals surface area contributed by atoms with Crippen LogP contribution >= 0.6 is 11.6 Å². The summed E-state index contributed by atoms with van der Waals surface area (Å²) in [6.45, 7) is 0. The zero-order chi connectivity index (χ0) is 10.3. The molecule has 0 saturated carbocycles. The van der Waals surface area contributed by atoms with E-state index in [0.717, 1.165) is 0 Å². The molecule has 0 radical (unpaired) electrons. The van der Waals surface area contributed by atoms with E-state index in [4.69, 9.17) is 16.7 Å². The van der Waals surface area contributed by atoms with Crippen LogP contribution in [0.5, 0.6) is 0 Å². The monoisotopic (exact) mass is 230 g/mol. The van der Waals surface area contributed by atoms with Gasteiger partial charge in [0.25, 0.3) is 0 Å². The van der Waals surface area contributed by atoms with Crippen molar-refractivity contribution in [2.24, 2.45) is 5.14 Å². The molecule has 1 aromatic carbocycles. The van der Waals surface area contributed by atoms with Gasteiger partial charge in [-0.05, 0) is 18.2 Å². The molecule has 1 aromatic heterocycles. The van der Waals surface area contributed by atoms with Crippen LogP contribution in [-0.4, -0.2) is 13.4 Å². The third-order valence-electron chi connectivity index (χ3n) is 1.91. The SMILES string of the molecule is NS(=O)(=O)c1c[nH]c2cc(Cl)ccc12. The molecule has 0 bridgehead atoms. The number of nitrogens with two attached hydrogens (primary N) is 1. The third kappa shape index (κ3) is 1.50. The number of halogens is 1. The Morgan fingerprint density at radius 3 is 2.71 bits per heavy atom. The van der Waals surface area contributed by atoms with Gasteiger partial charge in [0.2, 0.25) is 10.0 Å². The topological polar surface area (TPSA) is 76.0 Å². The van der Waals surface area contributed by atoms with Crippen LogP contribution in [0.2, 0.25) is 5.02 Å². The van der Waals surface area contributed by atoms with Crippen molar-refractivity contribution in [3.8, 4) is 0 Å². The van der Waals surface area contributed by atoms with E-state index in [0.29, 0.717) is 15.9 Å². The highest BCUT2D eigenvalue weighted by atomic mass is 35.5. The van der Waals surface area contributed by atoms with E-state index < -0.39 is 10.0 Å². The Labute approximate surface area is 85.7 Å². The van der Waals surface area contributed by atoms with Crippen molar-refractivity contribution < 1.29 is 8.42 Å². The highest BCUT2D eigenvalue weighted by Crippen LogP contribution is 2.24. The summed E-state index contributed by atoms with van der Waals surface area (Å²) in [6.07, 6.45) is 1.36. The number of nitrogens with one attached hydrogen (secondary N) is 1. The largest absolute Gasteiger partial charge is 0.360 e. The molecule has 6 heteroatoms. The second-order valence-electron chi connectivity index (χ2n) is 2.89. The molecule has 0 unspecified atom stereocenters. The van der Waals surface area contributed by atoms with Gasteiger partial charge in [-0.15, -0.1) is 0 Å². The van der Waals surface area contributed by atoms with Gasteiger partial charge in [-0.1, -0.05) is 11.6 Å². The minimum Gasteiger partial charge on any atom is -0.360 e. The summed E-state index contributed by atoms with van der Waals surface area (Å²) in [5.74, 6) is 0. The normalized spacial score (nSPS) is 12.1. The Morgan fingerprint density at radius 2 is 2.07 bits per heavy atom. The zero-order valence-corrected chi connectivity index (χ0v) is 8.56. The fourth-order valence-corrected chi connectivity index (χ4v) is 2.19. The van der Waals surface area contributed by atoms with E-state index in [2.05, 4.69) is 4.98 Å². The fraction of sp³-hybridized carbons (Fsp3) is 0. The lowest BCUT2D eigenvalue weighted by Crippen LogP contribution is -2.11. The van der Waals surface area contributed by atoms with Gasteiger partial charge in [0.05, 0.1) is 0 Å². The number of hydrogen-bond acceptors (Lipinski definition) is 2. The van der Waals surface area contributed by atoms with E-state index in [1.165, 1.54) is 6.20 Å². The summed E-state index contributed by atoms with van der Waals surface area (Å²) in [5, 5.41) is 6.12. The number of primary sulfonamides is 1. The first-order valence-electron chi connectivity index (χ1n) is 3.78. The molecular formula is C8H7ClN2O2S. The van der Waals surface area contributed by atoms with Gasteiger partial charge < -0.3 is 4.98 Å². The number of H-pyrrole nitrogens is 1. The predicted molar refractivity (Wildman–Crippen MR) is 54.7 cm³/mol. The van der Waals surface area contributed by atoms with Crippen LogP contribution < -0.4 is 5.14 Å². The van der Waals surface area contributed by atoms with E-state index in [9.17, 15) is 8.42 Å². The van der Waals surface area contributed by atoms with Crippen molar-refractivity contribution in [3.63, 3.8) is 0 Å². The molecule has 74 valence electrons. The summed E-state index contributed by atoms with van der Waals surface area (Å²) >= 11 is 5.74. The minimum absolute atomic E-state index is 0.0872. The first kappa shape index (κ1) is 9.51. The van der Waals surface area contributed by atoms with Gasteiger partial charge in [0, 0.05) is 22.1 Å². The van der Waals surface area contributed by atoms with Crippen molar-refractivity contribution in [1.82, 2.24) is 4.98 Å². The average molecular weight is 231 g/mol. The highest BCUT2D eigenvalue weighted by Gasteiger charge is 2.13. The quantitative estimate of drug-likeness (QED) is 0.778. The molecule has 3 N–H and O–H groups in total. The first-order valence-corrected chi connectivity index (χ1v) is 5.70. The molecule has 0 spiro atoms. The van der Waals surface area contributed by atoms with Gasteiger partial charge in [0.1, 0.15) is 4.90 Å². The summed E-state index contributed by atoms with van der Waals surface area (Å²) in [7, 11) is -3.67. The third-order valence-corrected chi connectivity index (χ3v) is 3.10. The minimum atomic E-state index is -3.67. The lowest BCUT2D eigenvalue weighted by molar-refractivity contribution is 0.598. The maximum absolute atomic E-state index is 11.1. The number of benzene rings is 1. The van der Waals surface area contributed by atoms with Gasteiger partial charge in [-0.3, -0.25) is 0 Å². The van der Waals surface area contributed by atoms with Gasteiger partial charge in [-0.2, -0.15) is 0 Å². The number of hydrogen-bond donors (Lipinski definition) is 2. The van der Waals surface area contributed by atoms with Crippen LogP contribution in [0.15, 0.2) is 29.3 Å². The summed E-state index contributed by atoms with van der Waals surface area (Å²) < 4.78 is 22.2. The van der Waals surface area contributed by atoms with Gasteiger partial charge in [0.15, 0.2) is 0 Å². The fourth-order valence-electron chi connectivity index (χ4n) is 1.31. The number of rotatable bonds is 1. The van der Waals surface area contributed by atoms with E-state index in [1.54, 1.807) is 18.2 Å². The maximum Gasteiger partial charge on any atom is 0.240 e. The molecule has 0 aliphatic heterocycles. The van der Waals surface area contributed by atoms with Crippen LogP contribution in [-0.2, 0) is 10.0 Å². The van der Waals surface area contributed by atoms with Crippen LogP contribution in [0, 0.1) is 0 Å². The van der Waals surface area contributed by atoms with E-state index >= 15 is 0 Å². The zero-order valence-electron chi connectivity index (χ0n) is 6.99. The molecular weight excluding hydrogens is 224 g/mol. The van der Waals surface area contributed by atoms with E-state index in [-0.39, 0.29) is 4.90 Å². The van der Waals surface area contributed by atoms with Crippen LogP contribution in [0.4, 0.5) is 0 Å². The molecule has 2 aromatic rings. The predicted octanol–water partition coefficient (Wildman–Crippen LogP) is 1.47. The second kappa shape index (κ2) is 2.98. The molecule has 0 saturated heterocycles. The average Bonchev–Trinajstić information content (AvgIpc) is 2.45. The van der Waals surface area contributed by atoms with E-state index in [1.807, 2.05) is 0 Å². The number of aromatic nitrogens is 1. The van der Waals surface area contributed by atoms with Crippen molar-refractivity contribution in [2.45, 2.75) is 4.90 Å². The number of sulfonamides is 1. The number of fused-ring (bicyclic) bond motifs is 1. The Bertz CT molecular complexity index is 588. The van der Waals surface area contributed by atoms with Gasteiger partial charge in [-0.25, -0.2) is 13.6 Å². The Morgan fingerprint density at radius 1 is 1.36 bits per heavy atom. The smallest absolute Gasteiger partial charge is 0.240 e. The Balaban J connectivity index is 2.83. The summed E-state index contributed by atoms with van der Waals surface area (Å²) in [5.41, 5.74) is 0.654. The maximum atomic E-state index is 11.1. The molecule has 4 nitrogen and oxygen atoms in total. The molecule has 0 aliphatic carbocycles. The first-order chi connectivity index (χ1) is 6.48. The van der Waals surface area contributed by atoms with Crippen molar-refractivity contribution in [2.75, 3.05) is 0 Å². The molecule has 0 fully saturated rings. The van der Waals surface area contributed by atoms with Crippen molar-refractivity contribution >= 4 is 32.5 Å². The number of aromatic amines is 1. The molecule has 0 aliphatic rings. The second-order valence-corrected chi connectivity index (χ2v) is 4.85. The van der Waals surface area contributed by atoms with Gasteiger partial charge >= 0.3 is 0 Å². The lowest BCUT2D eigenvalue weighted by Gasteiger charge is -1.95.